The number of nitriles is 1. The summed E-state index contributed by atoms with van der Waals surface area (Å²) in [4.78, 5) is 4.34. The van der Waals surface area contributed by atoms with Gasteiger partial charge in [-0.05, 0) is 18.2 Å². The third-order valence-corrected chi connectivity index (χ3v) is 3.56. The summed E-state index contributed by atoms with van der Waals surface area (Å²) >= 11 is 18.0. The van der Waals surface area contributed by atoms with Gasteiger partial charge in [0.15, 0.2) is 0 Å². The zero-order chi connectivity index (χ0) is 13.1. The van der Waals surface area contributed by atoms with Crippen LogP contribution in [0.2, 0.25) is 15.1 Å². The number of rotatable bonds is 2. The Hall–Kier alpha value is -1.27. The molecule has 0 aliphatic heterocycles. The molecule has 0 unspecified atom stereocenters. The van der Waals surface area contributed by atoms with Crippen molar-refractivity contribution in [1.82, 2.24) is 4.98 Å². The minimum absolute atomic E-state index is 0.158. The van der Waals surface area contributed by atoms with Crippen LogP contribution in [-0.2, 0) is 6.42 Å². The second kappa shape index (κ2) is 5.58. The first kappa shape index (κ1) is 13.2. The molecule has 1 heterocycles. The zero-order valence-corrected chi connectivity index (χ0v) is 11.4. The first-order valence-corrected chi connectivity index (χ1v) is 6.23. The van der Waals surface area contributed by atoms with Crippen LogP contribution >= 0.6 is 34.8 Å². The quantitative estimate of drug-likeness (QED) is 0.800. The lowest BCUT2D eigenvalue weighted by atomic mass is 10.1. The summed E-state index contributed by atoms with van der Waals surface area (Å²) in [7, 11) is 0. The molecule has 0 aliphatic rings. The van der Waals surface area contributed by atoms with Gasteiger partial charge >= 0.3 is 0 Å². The van der Waals surface area contributed by atoms with Gasteiger partial charge in [0.1, 0.15) is 0 Å². The summed E-state index contributed by atoms with van der Waals surface area (Å²) in [5.41, 5.74) is 1.91. The SMILES string of the molecule is N#CCc1nc(-c2cccc(Cl)c2Cl)ccc1Cl. The number of nitrogens with zero attached hydrogens (tertiary/aromatic N) is 2. The van der Waals surface area contributed by atoms with E-state index in [1.54, 1.807) is 24.3 Å². The molecule has 18 heavy (non-hydrogen) atoms. The van der Waals surface area contributed by atoms with Crippen LogP contribution in [0.4, 0.5) is 0 Å². The van der Waals surface area contributed by atoms with Crippen LogP contribution in [0.25, 0.3) is 11.3 Å². The lowest BCUT2D eigenvalue weighted by Gasteiger charge is -2.07. The van der Waals surface area contributed by atoms with E-state index in [1.807, 2.05) is 12.1 Å². The predicted octanol–water partition coefficient (Wildman–Crippen LogP) is 4.77. The van der Waals surface area contributed by atoms with Gasteiger partial charge in [0, 0.05) is 5.56 Å². The van der Waals surface area contributed by atoms with Crippen LogP contribution in [0.15, 0.2) is 30.3 Å². The third-order valence-electron chi connectivity index (χ3n) is 2.39. The smallest absolute Gasteiger partial charge is 0.0790 e. The lowest BCUT2D eigenvalue weighted by Crippen LogP contribution is -1.93. The standard InChI is InChI=1S/C13H7Cl3N2/c14-9-4-5-11(18-12(9)6-7-17)8-2-1-3-10(15)13(8)16/h1-5H,6H2. The third kappa shape index (κ3) is 2.59. The highest BCUT2D eigenvalue weighted by molar-refractivity contribution is 6.43. The molecule has 1 aromatic heterocycles. The van der Waals surface area contributed by atoms with Crippen LogP contribution < -0.4 is 0 Å². The van der Waals surface area contributed by atoms with E-state index in [0.717, 1.165) is 5.56 Å². The Labute approximate surface area is 120 Å². The van der Waals surface area contributed by atoms with Gasteiger partial charge in [-0.1, -0.05) is 46.9 Å². The Bertz CT molecular complexity index is 633. The van der Waals surface area contributed by atoms with Gasteiger partial charge in [0.2, 0.25) is 0 Å². The Balaban J connectivity index is 2.55. The average Bonchev–Trinajstić information content (AvgIpc) is 2.36. The molecule has 0 N–H and O–H groups in total. The molecule has 1 aromatic carbocycles. The van der Waals surface area contributed by atoms with Gasteiger partial charge in [0.25, 0.3) is 0 Å². The minimum atomic E-state index is 0.158. The fourth-order valence-electron chi connectivity index (χ4n) is 1.53. The zero-order valence-electron chi connectivity index (χ0n) is 9.12. The Morgan fingerprint density at radius 1 is 1.06 bits per heavy atom. The predicted molar refractivity (Wildman–Crippen MR) is 74.0 cm³/mol. The lowest BCUT2D eigenvalue weighted by molar-refractivity contribution is 1.12. The maximum atomic E-state index is 8.71. The summed E-state index contributed by atoms with van der Waals surface area (Å²) in [5.74, 6) is 0. The molecule has 5 heteroatoms. The second-order valence-electron chi connectivity index (χ2n) is 3.56. The van der Waals surface area contributed by atoms with Crippen molar-refractivity contribution in [2.24, 2.45) is 0 Å². The number of hydrogen-bond acceptors (Lipinski definition) is 2. The van der Waals surface area contributed by atoms with Gasteiger partial charge in [-0.2, -0.15) is 5.26 Å². The molecule has 0 saturated carbocycles. The fourth-order valence-corrected chi connectivity index (χ4v) is 2.10. The van der Waals surface area contributed by atoms with Crippen molar-refractivity contribution >= 4 is 34.8 Å². The van der Waals surface area contributed by atoms with Gasteiger partial charge in [-0.3, -0.25) is 4.98 Å². The minimum Gasteiger partial charge on any atom is -0.250 e. The second-order valence-corrected chi connectivity index (χ2v) is 4.75. The van der Waals surface area contributed by atoms with E-state index in [4.69, 9.17) is 40.1 Å². The summed E-state index contributed by atoms with van der Waals surface area (Å²) in [6.07, 6.45) is 0.158. The summed E-state index contributed by atoms with van der Waals surface area (Å²) in [6.45, 7) is 0. The van der Waals surface area contributed by atoms with Crippen LogP contribution in [0, 0.1) is 11.3 Å². The summed E-state index contributed by atoms with van der Waals surface area (Å²) in [5, 5.41) is 10.1. The van der Waals surface area contributed by atoms with Crippen molar-refractivity contribution < 1.29 is 0 Å². The molecule has 0 amide bonds. The molecule has 2 aromatic rings. The number of hydrogen-bond donors (Lipinski definition) is 0. The maximum Gasteiger partial charge on any atom is 0.0790 e. The molecule has 90 valence electrons. The van der Waals surface area contributed by atoms with Crippen LogP contribution in [0.1, 0.15) is 5.69 Å². The van der Waals surface area contributed by atoms with Crippen LogP contribution in [0.3, 0.4) is 0 Å². The van der Waals surface area contributed by atoms with Crippen molar-refractivity contribution in [3.8, 4) is 17.3 Å². The summed E-state index contributed by atoms with van der Waals surface area (Å²) in [6, 6.07) is 10.8. The first-order valence-electron chi connectivity index (χ1n) is 5.10. The average molecular weight is 298 g/mol. The highest BCUT2D eigenvalue weighted by atomic mass is 35.5. The van der Waals surface area contributed by atoms with E-state index in [2.05, 4.69) is 4.98 Å². The van der Waals surface area contributed by atoms with E-state index >= 15 is 0 Å². The van der Waals surface area contributed by atoms with Crippen molar-refractivity contribution in [1.29, 1.82) is 5.26 Å². The largest absolute Gasteiger partial charge is 0.250 e. The molecule has 0 atom stereocenters. The van der Waals surface area contributed by atoms with Crippen molar-refractivity contribution in [3.63, 3.8) is 0 Å². The topological polar surface area (TPSA) is 36.7 Å². The number of aromatic nitrogens is 1. The normalized spacial score (nSPS) is 10.1. The van der Waals surface area contributed by atoms with Crippen LogP contribution in [0.5, 0.6) is 0 Å². The molecule has 0 radical (unpaired) electrons. The van der Waals surface area contributed by atoms with E-state index in [0.29, 0.717) is 26.5 Å². The highest BCUT2D eigenvalue weighted by Gasteiger charge is 2.10. The molecule has 0 aliphatic carbocycles. The Kier molecular flexibility index (Phi) is 4.08. The van der Waals surface area contributed by atoms with E-state index in [9.17, 15) is 0 Å². The number of pyridine rings is 1. The Morgan fingerprint density at radius 2 is 1.83 bits per heavy atom. The number of benzene rings is 1. The van der Waals surface area contributed by atoms with E-state index in [1.165, 1.54) is 0 Å². The van der Waals surface area contributed by atoms with Crippen LogP contribution in [-0.4, -0.2) is 4.98 Å². The van der Waals surface area contributed by atoms with Gasteiger partial charge in [-0.15, -0.1) is 0 Å². The summed E-state index contributed by atoms with van der Waals surface area (Å²) < 4.78 is 0. The Morgan fingerprint density at radius 3 is 2.56 bits per heavy atom. The van der Waals surface area contributed by atoms with Gasteiger partial charge < -0.3 is 0 Å². The fraction of sp³-hybridized carbons (Fsp3) is 0.0769. The molecular weight excluding hydrogens is 291 g/mol. The monoisotopic (exact) mass is 296 g/mol. The number of halogens is 3. The molecule has 0 saturated heterocycles. The van der Waals surface area contributed by atoms with Gasteiger partial charge in [0.05, 0.1) is 38.9 Å². The maximum absolute atomic E-state index is 8.71. The highest BCUT2D eigenvalue weighted by Crippen LogP contribution is 2.33. The van der Waals surface area contributed by atoms with Crippen molar-refractivity contribution in [3.05, 3.63) is 51.1 Å². The first-order chi connectivity index (χ1) is 8.63. The molecular formula is C13H7Cl3N2. The molecule has 0 spiro atoms. The molecule has 2 rings (SSSR count). The molecule has 0 bridgehead atoms. The molecule has 2 nitrogen and oxygen atoms in total. The van der Waals surface area contributed by atoms with Gasteiger partial charge in [-0.25, -0.2) is 0 Å². The van der Waals surface area contributed by atoms with E-state index < -0.39 is 0 Å². The van der Waals surface area contributed by atoms with Crippen molar-refractivity contribution in [2.45, 2.75) is 6.42 Å². The molecule has 0 fully saturated rings. The van der Waals surface area contributed by atoms with Crippen molar-refractivity contribution in [2.75, 3.05) is 0 Å². The van der Waals surface area contributed by atoms with E-state index in [-0.39, 0.29) is 6.42 Å².